The number of β-amino-alcohol motifs (C(OH)–C–C–N with tert-alkyl or cyclic N) is 1. The Morgan fingerprint density at radius 3 is 2.86 bits per heavy atom. The van der Waals surface area contributed by atoms with Crippen molar-refractivity contribution in [2.75, 3.05) is 32.8 Å². The van der Waals surface area contributed by atoms with Gasteiger partial charge in [0.1, 0.15) is 18.5 Å². The van der Waals surface area contributed by atoms with Crippen LogP contribution in [0.15, 0.2) is 40.9 Å². The van der Waals surface area contributed by atoms with Crippen molar-refractivity contribution in [2.24, 2.45) is 0 Å². The van der Waals surface area contributed by atoms with Gasteiger partial charge in [-0.15, -0.1) is 11.3 Å². The average Bonchev–Trinajstić information content (AvgIpc) is 3.44. The third-order valence-corrected chi connectivity index (χ3v) is 7.70. The van der Waals surface area contributed by atoms with Crippen LogP contribution in [0.3, 0.4) is 0 Å². The van der Waals surface area contributed by atoms with Gasteiger partial charge in [0, 0.05) is 43.3 Å². The molecule has 11 heteroatoms. The Balaban J connectivity index is 1.10. The van der Waals surface area contributed by atoms with E-state index in [0.717, 1.165) is 40.6 Å². The van der Waals surface area contributed by atoms with Gasteiger partial charge in [-0.2, -0.15) is 4.98 Å². The van der Waals surface area contributed by atoms with Crippen LogP contribution >= 0.6 is 34.5 Å². The number of thiazole rings is 1. The normalized spacial score (nSPS) is 18.1. The molecule has 0 unspecified atom stereocenters. The van der Waals surface area contributed by atoms with E-state index in [4.69, 9.17) is 32.5 Å². The number of ether oxygens (including phenoxy) is 1. The smallest absolute Gasteiger partial charge is 0.259 e. The third-order valence-electron chi connectivity index (χ3n) is 6.20. The first-order valence-electron chi connectivity index (χ1n) is 11.8. The standard InChI is InChI=1S/C25H27Cl2N5O3S/c1-15-11-31(12-18(33)14-34-19-4-6-23-22(10-19)28-16(2)36-23)7-8-32(15)13-24-29-25(35-30-24)20-5-3-17(26)9-21(20)27/h3-6,9-10,15,18,33H,7-8,11-14H2,1-2H3/t15-,18-/m1/s1. The highest BCUT2D eigenvalue weighted by Crippen LogP contribution is 2.29. The maximum Gasteiger partial charge on any atom is 0.259 e. The summed E-state index contributed by atoms with van der Waals surface area (Å²) in [6, 6.07) is 11.3. The molecule has 0 bridgehead atoms. The molecule has 5 rings (SSSR count). The molecule has 1 aliphatic heterocycles. The van der Waals surface area contributed by atoms with Crippen LogP contribution < -0.4 is 4.74 Å². The number of fused-ring (bicyclic) bond motifs is 1. The lowest BCUT2D eigenvalue weighted by Crippen LogP contribution is -2.53. The van der Waals surface area contributed by atoms with Gasteiger partial charge in [-0.1, -0.05) is 28.4 Å². The van der Waals surface area contributed by atoms with E-state index in [1.807, 2.05) is 25.1 Å². The number of aliphatic hydroxyl groups excluding tert-OH is 1. The Bertz CT molecular complexity index is 1350. The first-order valence-corrected chi connectivity index (χ1v) is 13.3. The Morgan fingerprint density at radius 2 is 2.06 bits per heavy atom. The van der Waals surface area contributed by atoms with Crippen molar-refractivity contribution < 1.29 is 14.4 Å². The second-order valence-electron chi connectivity index (χ2n) is 9.05. The second kappa shape index (κ2) is 11.0. The van der Waals surface area contributed by atoms with E-state index in [2.05, 4.69) is 31.8 Å². The van der Waals surface area contributed by atoms with Crippen molar-refractivity contribution in [1.82, 2.24) is 24.9 Å². The van der Waals surface area contributed by atoms with Gasteiger partial charge in [0.2, 0.25) is 0 Å². The number of piperazine rings is 1. The highest BCUT2D eigenvalue weighted by atomic mass is 35.5. The van der Waals surface area contributed by atoms with Crippen LogP contribution in [-0.4, -0.2) is 75.0 Å². The maximum absolute atomic E-state index is 10.6. The van der Waals surface area contributed by atoms with Gasteiger partial charge < -0.3 is 14.4 Å². The number of hydrogen-bond acceptors (Lipinski definition) is 9. The van der Waals surface area contributed by atoms with E-state index < -0.39 is 6.10 Å². The number of aromatic nitrogens is 3. The van der Waals surface area contributed by atoms with E-state index in [1.54, 1.807) is 29.5 Å². The highest BCUT2D eigenvalue weighted by Gasteiger charge is 2.26. The lowest BCUT2D eigenvalue weighted by atomic mass is 10.1. The van der Waals surface area contributed by atoms with Gasteiger partial charge in [0.15, 0.2) is 5.82 Å². The number of nitrogens with zero attached hydrogens (tertiary/aromatic N) is 5. The molecule has 36 heavy (non-hydrogen) atoms. The van der Waals surface area contributed by atoms with Crippen LogP contribution in [0, 0.1) is 6.92 Å². The van der Waals surface area contributed by atoms with E-state index in [1.165, 1.54) is 0 Å². The topological polar surface area (TPSA) is 87.8 Å². The fourth-order valence-electron chi connectivity index (χ4n) is 4.40. The van der Waals surface area contributed by atoms with E-state index in [9.17, 15) is 5.11 Å². The molecule has 0 radical (unpaired) electrons. The van der Waals surface area contributed by atoms with E-state index >= 15 is 0 Å². The molecular weight excluding hydrogens is 521 g/mol. The number of hydrogen-bond donors (Lipinski definition) is 1. The molecule has 0 saturated carbocycles. The monoisotopic (exact) mass is 547 g/mol. The van der Waals surface area contributed by atoms with Gasteiger partial charge in [0.05, 0.1) is 32.4 Å². The molecule has 0 aliphatic carbocycles. The second-order valence-corrected chi connectivity index (χ2v) is 11.1. The zero-order valence-corrected chi connectivity index (χ0v) is 22.4. The van der Waals surface area contributed by atoms with Crippen LogP contribution in [-0.2, 0) is 6.54 Å². The first kappa shape index (κ1) is 25.4. The van der Waals surface area contributed by atoms with Crippen LogP contribution in [0.25, 0.3) is 21.7 Å². The Labute approximate surface area is 223 Å². The average molecular weight is 548 g/mol. The van der Waals surface area contributed by atoms with Crippen molar-refractivity contribution >= 4 is 44.8 Å². The van der Waals surface area contributed by atoms with Crippen molar-refractivity contribution in [2.45, 2.75) is 32.5 Å². The number of benzene rings is 2. The zero-order valence-electron chi connectivity index (χ0n) is 20.0. The molecule has 4 aromatic rings. The largest absolute Gasteiger partial charge is 0.491 e. The number of halogens is 2. The lowest BCUT2D eigenvalue weighted by molar-refractivity contribution is 0.0246. The van der Waals surface area contributed by atoms with Gasteiger partial charge in [0.25, 0.3) is 5.89 Å². The highest BCUT2D eigenvalue weighted by molar-refractivity contribution is 7.18. The quantitative estimate of drug-likeness (QED) is 0.333. The Kier molecular flexibility index (Phi) is 7.76. The summed E-state index contributed by atoms with van der Waals surface area (Å²) in [5.41, 5.74) is 1.59. The van der Waals surface area contributed by atoms with Gasteiger partial charge >= 0.3 is 0 Å². The number of aryl methyl sites for hydroxylation is 1. The number of aliphatic hydroxyl groups is 1. The fraction of sp³-hybridized carbons (Fsp3) is 0.400. The van der Waals surface area contributed by atoms with E-state index in [-0.39, 0.29) is 12.6 Å². The molecule has 1 fully saturated rings. The molecule has 1 N–H and O–H groups in total. The molecular formula is C25H27Cl2N5O3S. The van der Waals surface area contributed by atoms with Gasteiger partial charge in [-0.25, -0.2) is 4.98 Å². The molecule has 8 nitrogen and oxygen atoms in total. The Hall–Kier alpha value is -2.27. The number of rotatable bonds is 8. The summed E-state index contributed by atoms with van der Waals surface area (Å²) < 4.78 is 12.4. The molecule has 1 aliphatic rings. The molecule has 2 aromatic heterocycles. The molecule has 0 amide bonds. The minimum absolute atomic E-state index is 0.238. The summed E-state index contributed by atoms with van der Waals surface area (Å²) in [6.07, 6.45) is -0.583. The van der Waals surface area contributed by atoms with Crippen LogP contribution in [0.1, 0.15) is 17.8 Å². The lowest BCUT2D eigenvalue weighted by Gasteiger charge is -2.39. The van der Waals surface area contributed by atoms with Crippen molar-refractivity contribution in [1.29, 1.82) is 0 Å². The Morgan fingerprint density at radius 1 is 1.19 bits per heavy atom. The third kappa shape index (κ3) is 5.99. The van der Waals surface area contributed by atoms with Crippen molar-refractivity contribution in [3.63, 3.8) is 0 Å². The summed E-state index contributed by atoms with van der Waals surface area (Å²) >= 11 is 13.9. The van der Waals surface area contributed by atoms with Crippen LogP contribution in [0.2, 0.25) is 10.0 Å². The van der Waals surface area contributed by atoms with Gasteiger partial charge in [-0.05, 0) is 44.2 Å². The van der Waals surface area contributed by atoms with E-state index in [0.29, 0.717) is 40.4 Å². The van der Waals surface area contributed by atoms with Crippen LogP contribution in [0.4, 0.5) is 0 Å². The molecule has 2 aromatic carbocycles. The molecule has 0 spiro atoms. The fourth-order valence-corrected chi connectivity index (χ4v) is 5.70. The van der Waals surface area contributed by atoms with Gasteiger partial charge in [-0.3, -0.25) is 9.80 Å². The summed E-state index contributed by atoms with van der Waals surface area (Å²) in [7, 11) is 0. The summed E-state index contributed by atoms with van der Waals surface area (Å²) in [4.78, 5) is 13.6. The molecule has 2 atom stereocenters. The molecule has 1 saturated heterocycles. The minimum Gasteiger partial charge on any atom is -0.491 e. The van der Waals surface area contributed by atoms with Crippen molar-refractivity contribution in [3.8, 4) is 17.2 Å². The molecule has 190 valence electrons. The molecule has 3 heterocycles. The maximum atomic E-state index is 10.6. The minimum atomic E-state index is -0.583. The van der Waals surface area contributed by atoms with Crippen LogP contribution in [0.5, 0.6) is 5.75 Å². The SMILES string of the molecule is Cc1nc2cc(OC[C@H](O)CN3CCN(Cc4noc(-c5ccc(Cl)cc5Cl)n4)[C@H](C)C3)ccc2s1. The predicted molar refractivity (Wildman–Crippen MR) is 142 cm³/mol. The van der Waals surface area contributed by atoms with Crippen molar-refractivity contribution in [3.05, 3.63) is 57.3 Å². The predicted octanol–water partition coefficient (Wildman–Crippen LogP) is 4.91. The zero-order chi connectivity index (χ0) is 25.2. The summed E-state index contributed by atoms with van der Waals surface area (Å²) in [5.74, 6) is 1.71. The summed E-state index contributed by atoms with van der Waals surface area (Å²) in [6.45, 7) is 8.02. The summed E-state index contributed by atoms with van der Waals surface area (Å²) in [5, 5.41) is 16.8. The first-order chi connectivity index (χ1) is 17.3.